The molecule has 0 spiro atoms. The highest BCUT2D eigenvalue weighted by Gasteiger charge is 2.24. The number of nitrogens with zero attached hydrogens (tertiary/aromatic N) is 3. The van der Waals surface area contributed by atoms with Gasteiger partial charge in [0.25, 0.3) is 11.6 Å². The summed E-state index contributed by atoms with van der Waals surface area (Å²) >= 11 is 1.21. The zero-order valence-electron chi connectivity index (χ0n) is 17.6. The smallest absolute Gasteiger partial charge is 0.269 e. The SMILES string of the molecule is O=C1NC(=Nc2ccc(F)cc2)SC1=Cc1cn(Cc2cccc([N+](=O)[O-])c2)c2ccccc12. The molecular formula is C25H17FN4O3S. The fourth-order valence-electron chi connectivity index (χ4n) is 3.74. The predicted molar refractivity (Wildman–Crippen MR) is 131 cm³/mol. The van der Waals surface area contributed by atoms with E-state index in [0.29, 0.717) is 22.3 Å². The largest absolute Gasteiger partial charge is 0.342 e. The molecule has 1 aromatic heterocycles. The first-order valence-electron chi connectivity index (χ1n) is 10.3. The molecule has 1 aliphatic rings. The lowest BCUT2D eigenvalue weighted by Gasteiger charge is -2.05. The normalized spacial score (nSPS) is 15.9. The molecule has 0 saturated carbocycles. The quantitative estimate of drug-likeness (QED) is 0.232. The molecule has 168 valence electrons. The second kappa shape index (κ2) is 8.95. The van der Waals surface area contributed by atoms with Crippen molar-refractivity contribution in [3.63, 3.8) is 0 Å². The van der Waals surface area contributed by atoms with Crippen LogP contribution in [0.5, 0.6) is 0 Å². The van der Waals surface area contributed by atoms with Crippen molar-refractivity contribution in [2.24, 2.45) is 4.99 Å². The molecule has 1 amide bonds. The molecule has 0 atom stereocenters. The van der Waals surface area contributed by atoms with Crippen LogP contribution in [0, 0.1) is 15.9 Å². The molecule has 2 heterocycles. The van der Waals surface area contributed by atoms with Crippen LogP contribution in [0.4, 0.5) is 15.8 Å². The Labute approximate surface area is 197 Å². The number of nitro groups is 1. The molecule has 0 radical (unpaired) electrons. The van der Waals surface area contributed by atoms with Crippen molar-refractivity contribution in [2.75, 3.05) is 0 Å². The summed E-state index contributed by atoms with van der Waals surface area (Å²) < 4.78 is 15.1. The lowest BCUT2D eigenvalue weighted by molar-refractivity contribution is -0.384. The van der Waals surface area contributed by atoms with Gasteiger partial charge < -0.3 is 9.88 Å². The zero-order valence-corrected chi connectivity index (χ0v) is 18.5. The van der Waals surface area contributed by atoms with Gasteiger partial charge in [0.15, 0.2) is 5.17 Å². The maximum Gasteiger partial charge on any atom is 0.269 e. The number of aromatic nitrogens is 1. The fraction of sp³-hybridized carbons (Fsp3) is 0.0400. The van der Waals surface area contributed by atoms with Gasteiger partial charge in [-0.2, -0.15) is 0 Å². The van der Waals surface area contributed by atoms with Gasteiger partial charge in [-0.05, 0) is 53.7 Å². The van der Waals surface area contributed by atoms with Gasteiger partial charge in [0.05, 0.1) is 15.5 Å². The third-order valence-corrected chi connectivity index (χ3v) is 6.20. The summed E-state index contributed by atoms with van der Waals surface area (Å²) in [6, 6.07) is 20.0. The highest BCUT2D eigenvalue weighted by atomic mass is 32.2. The average Bonchev–Trinajstić information content (AvgIpc) is 3.35. The number of fused-ring (bicyclic) bond motifs is 1. The molecule has 1 N–H and O–H groups in total. The van der Waals surface area contributed by atoms with Crippen LogP contribution in [0.25, 0.3) is 17.0 Å². The van der Waals surface area contributed by atoms with Crippen molar-refractivity contribution >= 4 is 51.2 Å². The maximum absolute atomic E-state index is 13.1. The van der Waals surface area contributed by atoms with E-state index in [4.69, 9.17) is 0 Å². The van der Waals surface area contributed by atoms with E-state index >= 15 is 0 Å². The predicted octanol–water partition coefficient (Wildman–Crippen LogP) is 5.63. The minimum Gasteiger partial charge on any atom is -0.342 e. The Morgan fingerprint density at radius 2 is 1.88 bits per heavy atom. The van der Waals surface area contributed by atoms with Crippen molar-refractivity contribution in [1.29, 1.82) is 0 Å². The Balaban J connectivity index is 1.46. The number of halogens is 1. The van der Waals surface area contributed by atoms with Crippen molar-refractivity contribution in [2.45, 2.75) is 6.54 Å². The van der Waals surface area contributed by atoms with Crippen LogP contribution in [-0.2, 0) is 11.3 Å². The monoisotopic (exact) mass is 472 g/mol. The number of aliphatic imine (C=N–C) groups is 1. The summed E-state index contributed by atoms with van der Waals surface area (Å²) in [5.74, 6) is -0.615. The first kappa shape index (κ1) is 21.6. The summed E-state index contributed by atoms with van der Waals surface area (Å²) in [6.45, 7) is 0.446. The number of carbonyl (C=O) groups is 1. The summed E-state index contributed by atoms with van der Waals surface area (Å²) in [6.07, 6.45) is 3.74. The van der Waals surface area contributed by atoms with E-state index in [2.05, 4.69) is 10.3 Å². The molecule has 9 heteroatoms. The van der Waals surface area contributed by atoms with E-state index in [-0.39, 0.29) is 17.4 Å². The first-order chi connectivity index (χ1) is 16.5. The van der Waals surface area contributed by atoms with Crippen molar-refractivity contribution < 1.29 is 14.1 Å². The minimum absolute atomic E-state index is 0.0447. The summed E-state index contributed by atoms with van der Waals surface area (Å²) in [4.78, 5) is 28.1. The Hall–Kier alpha value is -4.24. The topological polar surface area (TPSA) is 89.5 Å². The van der Waals surface area contributed by atoms with Gasteiger partial charge in [-0.25, -0.2) is 9.38 Å². The summed E-state index contributed by atoms with van der Waals surface area (Å²) in [5, 5.41) is 15.2. The second-order valence-corrected chi connectivity index (χ2v) is 8.65. The standard InChI is InChI=1S/C25H17FN4O3S/c26-18-8-10-19(11-9-18)27-25-28-24(31)23(34-25)13-17-15-29(22-7-2-1-6-21(17)22)14-16-4-3-5-20(12-16)30(32)33/h1-13,15H,14H2,(H,27,28,31). The molecule has 5 rings (SSSR count). The van der Waals surface area contributed by atoms with Crippen LogP contribution in [-0.4, -0.2) is 20.6 Å². The van der Waals surface area contributed by atoms with Gasteiger partial charge in [-0.15, -0.1) is 0 Å². The minimum atomic E-state index is -0.409. The number of nitro benzene ring substituents is 1. The molecule has 0 bridgehead atoms. The Morgan fingerprint density at radius 1 is 1.09 bits per heavy atom. The van der Waals surface area contributed by atoms with E-state index in [1.54, 1.807) is 18.2 Å². The number of rotatable bonds is 5. The Morgan fingerprint density at radius 3 is 2.68 bits per heavy atom. The van der Waals surface area contributed by atoms with Crippen molar-refractivity contribution in [1.82, 2.24) is 9.88 Å². The lowest BCUT2D eigenvalue weighted by atomic mass is 10.1. The molecule has 1 aliphatic heterocycles. The third-order valence-electron chi connectivity index (χ3n) is 5.29. The lowest BCUT2D eigenvalue weighted by Crippen LogP contribution is -2.19. The molecule has 4 aromatic rings. The van der Waals surface area contributed by atoms with E-state index in [1.165, 1.54) is 42.1 Å². The van der Waals surface area contributed by atoms with E-state index in [0.717, 1.165) is 22.0 Å². The Bertz CT molecular complexity index is 1490. The summed E-state index contributed by atoms with van der Waals surface area (Å²) in [5.41, 5.74) is 3.18. The molecule has 1 saturated heterocycles. The highest BCUT2D eigenvalue weighted by Crippen LogP contribution is 2.31. The van der Waals surface area contributed by atoms with E-state index in [1.807, 2.05) is 41.1 Å². The summed E-state index contributed by atoms with van der Waals surface area (Å²) in [7, 11) is 0. The van der Waals surface area contributed by atoms with Crippen molar-refractivity contribution in [3.05, 3.63) is 111 Å². The number of thioether (sulfide) groups is 1. The number of nitrogens with one attached hydrogen (secondary N) is 1. The van der Waals surface area contributed by atoms with Crippen LogP contribution >= 0.6 is 11.8 Å². The molecular weight excluding hydrogens is 455 g/mol. The van der Waals surface area contributed by atoms with Crippen LogP contribution in [0.1, 0.15) is 11.1 Å². The molecule has 7 nitrogen and oxygen atoms in total. The number of non-ortho nitro benzene ring substituents is 1. The van der Waals surface area contributed by atoms with Gasteiger partial charge >= 0.3 is 0 Å². The molecule has 0 unspecified atom stereocenters. The number of amides is 1. The number of para-hydroxylation sites is 1. The first-order valence-corrected chi connectivity index (χ1v) is 11.1. The van der Waals surface area contributed by atoms with Crippen LogP contribution in [0.3, 0.4) is 0 Å². The molecule has 1 fully saturated rings. The van der Waals surface area contributed by atoms with Crippen molar-refractivity contribution in [3.8, 4) is 0 Å². The number of hydrogen-bond acceptors (Lipinski definition) is 5. The van der Waals surface area contributed by atoms with Gasteiger partial charge in [-0.3, -0.25) is 14.9 Å². The third kappa shape index (κ3) is 4.46. The van der Waals surface area contributed by atoms with Gasteiger partial charge in [0, 0.05) is 41.3 Å². The van der Waals surface area contributed by atoms with E-state index < -0.39 is 4.92 Å². The maximum atomic E-state index is 13.1. The second-order valence-electron chi connectivity index (χ2n) is 7.61. The number of hydrogen-bond donors (Lipinski definition) is 1. The fourth-order valence-corrected chi connectivity index (χ4v) is 4.57. The molecule has 34 heavy (non-hydrogen) atoms. The number of benzene rings is 3. The average molecular weight is 473 g/mol. The molecule has 0 aliphatic carbocycles. The zero-order chi connectivity index (χ0) is 23.7. The van der Waals surface area contributed by atoms with Gasteiger partial charge in [-0.1, -0.05) is 30.3 Å². The Kier molecular flexibility index (Phi) is 5.69. The van der Waals surface area contributed by atoms with Gasteiger partial charge in [0.1, 0.15) is 5.82 Å². The number of carbonyl (C=O) groups excluding carboxylic acids is 1. The number of amidine groups is 1. The van der Waals surface area contributed by atoms with Gasteiger partial charge in [0.2, 0.25) is 0 Å². The van der Waals surface area contributed by atoms with Crippen LogP contribution in [0.15, 0.2) is 88.9 Å². The van der Waals surface area contributed by atoms with Crippen LogP contribution in [0.2, 0.25) is 0 Å². The molecule has 3 aromatic carbocycles. The van der Waals surface area contributed by atoms with Crippen LogP contribution < -0.4 is 5.32 Å². The van der Waals surface area contributed by atoms with E-state index in [9.17, 15) is 19.3 Å². The highest BCUT2D eigenvalue weighted by molar-refractivity contribution is 8.18.